The van der Waals surface area contributed by atoms with Crippen molar-refractivity contribution in [3.8, 4) is 5.69 Å². The molecule has 1 heterocycles. The molecule has 0 bridgehead atoms. The van der Waals surface area contributed by atoms with Gasteiger partial charge in [-0.05, 0) is 57.5 Å². The van der Waals surface area contributed by atoms with Crippen molar-refractivity contribution in [1.82, 2.24) is 20.4 Å². The zero-order chi connectivity index (χ0) is 16.4. The fraction of sp³-hybridized carbons (Fsp3) is 0.412. The van der Waals surface area contributed by atoms with E-state index in [1.54, 1.807) is 16.8 Å². The lowest BCUT2D eigenvalue weighted by atomic mass is 10.2. The van der Waals surface area contributed by atoms with E-state index in [1.807, 2.05) is 14.0 Å². The number of amides is 1. The number of benzene rings is 1. The standard InChI is InChI=1S/C17H21FN4O.ClH/c1-11(19-2)10-20-17(23)16-14-4-3-5-15(14)22(21-16)13-8-6-12(18)7-9-13;/h6-9,11,19H,3-5,10H2,1-2H3,(H,20,23);1H. The predicted molar refractivity (Wildman–Crippen MR) is 93.6 cm³/mol. The largest absolute Gasteiger partial charge is 0.349 e. The van der Waals surface area contributed by atoms with Gasteiger partial charge in [-0.3, -0.25) is 4.79 Å². The molecule has 0 saturated carbocycles. The van der Waals surface area contributed by atoms with Crippen LogP contribution in [-0.2, 0) is 12.8 Å². The first-order valence-corrected chi connectivity index (χ1v) is 7.92. The first kappa shape index (κ1) is 18.4. The molecule has 2 aromatic rings. The Kier molecular flexibility index (Phi) is 5.96. The number of likely N-dealkylation sites (N-methyl/N-ethyl adjacent to an activating group) is 1. The summed E-state index contributed by atoms with van der Waals surface area (Å²) in [4.78, 5) is 12.4. The van der Waals surface area contributed by atoms with Crippen LogP contribution in [0.1, 0.15) is 35.1 Å². The number of rotatable bonds is 5. The Morgan fingerprint density at radius 1 is 1.33 bits per heavy atom. The first-order valence-electron chi connectivity index (χ1n) is 7.92. The van der Waals surface area contributed by atoms with Crippen LogP contribution < -0.4 is 10.6 Å². The molecule has 1 amide bonds. The molecule has 0 radical (unpaired) electrons. The number of hydrogen-bond donors (Lipinski definition) is 2. The summed E-state index contributed by atoms with van der Waals surface area (Å²) in [7, 11) is 1.86. The fourth-order valence-corrected chi connectivity index (χ4v) is 2.85. The molecule has 2 N–H and O–H groups in total. The Morgan fingerprint density at radius 2 is 2.04 bits per heavy atom. The third-order valence-electron chi connectivity index (χ3n) is 4.28. The first-order chi connectivity index (χ1) is 11.1. The molecule has 0 saturated heterocycles. The molecule has 130 valence electrons. The average molecular weight is 353 g/mol. The second-order valence-corrected chi connectivity index (χ2v) is 5.92. The SMILES string of the molecule is CNC(C)CNC(=O)c1nn(-c2ccc(F)cc2)c2c1CCC2.Cl. The van der Waals surface area contributed by atoms with Gasteiger partial charge >= 0.3 is 0 Å². The van der Waals surface area contributed by atoms with Gasteiger partial charge < -0.3 is 10.6 Å². The summed E-state index contributed by atoms with van der Waals surface area (Å²) in [6.07, 6.45) is 2.77. The summed E-state index contributed by atoms with van der Waals surface area (Å²) >= 11 is 0. The maximum Gasteiger partial charge on any atom is 0.272 e. The molecule has 1 aromatic carbocycles. The van der Waals surface area contributed by atoms with Crippen molar-refractivity contribution in [2.24, 2.45) is 0 Å². The van der Waals surface area contributed by atoms with Crippen molar-refractivity contribution in [3.63, 3.8) is 0 Å². The van der Waals surface area contributed by atoms with Crippen LogP contribution in [0.3, 0.4) is 0 Å². The van der Waals surface area contributed by atoms with Crippen molar-refractivity contribution >= 4 is 18.3 Å². The summed E-state index contributed by atoms with van der Waals surface area (Å²) in [5.41, 5.74) is 3.35. The van der Waals surface area contributed by atoms with E-state index in [1.165, 1.54) is 12.1 Å². The van der Waals surface area contributed by atoms with Gasteiger partial charge in [0.15, 0.2) is 5.69 Å². The number of carbonyl (C=O) groups excluding carboxylic acids is 1. The minimum atomic E-state index is -0.281. The molecule has 1 aliphatic carbocycles. The molecule has 24 heavy (non-hydrogen) atoms. The van der Waals surface area contributed by atoms with Crippen LogP contribution >= 0.6 is 12.4 Å². The molecule has 0 fully saturated rings. The van der Waals surface area contributed by atoms with Crippen LogP contribution in [0.25, 0.3) is 5.69 Å². The smallest absolute Gasteiger partial charge is 0.272 e. The molecule has 0 aliphatic heterocycles. The lowest BCUT2D eigenvalue weighted by Gasteiger charge is -2.10. The van der Waals surface area contributed by atoms with Crippen LogP contribution in [0, 0.1) is 5.82 Å². The quantitative estimate of drug-likeness (QED) is 0.867. The molecule has 1 atom stereocenters. The van der Waals surface area contributed by atoms with Gasteiger partial charge in [0, 0.05) is 23.8 Å². The van der Waals surface area contributed by atoms with Crippen molar-refractivity contribution < 1.29 is 9.18 Å². The molecule has 3 rings (SSSR count). The Hall–Kier alpha value is -1.92. The Labute approximate surface area is 147 Å². The molecular formula is C17H22ClFN4O. The minimum absolute atomic E-state index is 0. The Balaban J connectivity index is 0.00000208. The number of fused-ring (bicyclic) bond motifs is 1. The van der Waals surface area contributed by atoms with Gasteiger partial charge in [0.05, 0.1) is 5.69 Å². The number of aromatic nitrogens is 2. The van der Waals surface area contributed by atoms with Crippen LogP contribution in [0.5, 0.6) is 0 Å². The Bertz CT molecular complexity index is 714. The summed E-state index contributed by atoms with van der Waals surface area (Å²) in [5, 5.41) is 10.5. The second kappa shape index (κ2) is 7.77. The predicted octanol–water partition coefficient (Wildman–Crippen LogP) is 2.26. The van der Waals surface area contributed by atoms with Gasteiger partial charge in [0.2, 0.25) is 0 Å². The van der Waals surface area contributed by atoms with Gasteiger partial charge in [-0.1, -0.05) is 0 Å². The fourth-order valence-electron chi connectivity index (χ4n) is 2.85. The third-order valence-corrected chi connectivity index (χ3v) is 4.28. The monoisotopic (exact) mass is 352 g/mol. The molecule has 0 spiro atoms. The van der Waals surface area contributed by atoms with E-state index in [0.29, 0.717) is 12.2 Å². The summed E-state index contributed by atoms with van der Waals surface area (Å²) < 4.78 is 14.9. The van der Waals surface area contributed by atoms with E-state index < -0.39 is 0 Å². The number of halogens is 2. The molecule has 1 aliphatic rings. The maximum atomic E-state index is 13.1. The molecular weight excluding hydrogens is 331 g/mol. The van der Waals surface area contributed by atoms with Crippen molar-refractivity contribution in [2.45, 2.75) is 32.2 Å². The number of hydrogen-bond acceptors (Lipinski definition) is 3. The number of carbonyl (C=O) groups is 1. The normalized spacial score (nSPS) is 14.0. The highest BCUT2D eigenvalue weighted by atomic mass is 35.5. The summed E-state index contributed by atoms with van der Waals surface area (Å²) in [5.74, 6) is -0.428. The highest BCUT2D eigenvalue weighted by molar-refractivity contribution is 5.94. The minimum Gasteiger partial charge on any atom is -0.349 e. The molecule has 1 aromatic heterocycles. The third kappa shape index (κ3) is 3.60. The molecule has 5 nitrogen and oxygen atoms in total. The van der Waals surface area contributed by atoms with Gasteiger partial charge in [0.25, 0.3) is 5.91 Å². The van der Waals surface area contributed by atoms with Crippen LogP contribution in [0.15, 0.2) is 24.3 Å². The highest BCUT2D eigenvalue weighted by Gasteiger charge is 2.26. The van der Waals surface area contributed by atoms with Crippen LogP contribution in [-0.4, -0.2) is 35.3 Å². The number of nitrogens with zero attached hydrogens (tertiary/aromatic N) is 2. The van der Waals surface area contributed by atoms with Gasteiger partial charge in [-0.25, -0.2) is 9.07 Å². The summed E-state index contributed by atoms with van der Waals surface area (Å²) in [6, 6.07) is 6.39. The topological polar surface area (TPSA) is 58.9 Å². The van der Waals surface area contributed by atoms with E-state index in [2.05, 4.69) is 15.7 Å². The molecule has 1 unspecified atom stereocenters. The van der Waals surface area contributed by atoms with Crippen molar-refractivity contribution in [2.75, 3.05) is 13.6 Å². The zero-order valence-electron chi connectivity index (χ0n) is 13.8. The van der Waals surface area contributed by atoms with Gasteiger partial charge in [0.1, 0.15) is 5.82 Å². The second-order valence-electron chi connectivity index (χ2n) is 5.92. The van der Waals surface area contributed by atoms with E-state index in [9.17, 15) is 9.18 Å². The lowest BCUT2D eigenvalue weighted by Crippen LogP contribution is -2.37. The Morgan fingerprint density at radius 3 is 2.71 bits per heavy atom. The van der Waals surface area contributed by atoms with Gasteiger partial charge in [-0.2, -0.15) is 5.10 Å². The van der Waals surface area contributed by atoms with Crippen molar-refractivity contribution in [1.29, 1.82) is 0 Å². The van der Waals surface area contributed by atoms with E-state index in [4.69, 9.17) is 0 Å². The zero-order valence-corrected chi connectivity index (χ0v) is 14.6. The molecule has 7 heteroatoms. The van der Waals surface area contributed by atoms with E-state index in [-0.39, 0.29) is 30.2 Å². The number of nitrogens with one attached hydrogen (secondary N) is 2. The van der Waals surface area contributed by atoms with Gasteiger partial charge in [-0.15, -0.1) is 12.4 Å². The summed E-state index contributed by atoms with van der Waals surface area (Å²) in [6.45, 7) is 2.55. The van der Waals surface area contributed by atoms with Crippen LogP contribution in [0.4, 0.5) is 4.39 Å². The lowest BCUT2D eigenvalue weighted by molar-refractivity contribution is 0.0944. The van der Waals surface area contributed by atoms with E-state index >= 15 is 0 Å². The van der Waals surface area contributed by atoms with Crippen LogP contribution in [0.2, 0.25) is 0 Å². The maximum absolute atomic E-state index is 13.1. The van der Waals surface area contributed by atoms with E-state index in [0.717, 1.165) is 36.2 Å². The highest BCUT2D eigenvalue weighted by Crippen LogP contribution is 2.27. The van der Waals surface area contributed by atoms with Crippen molar-refractivity contribution in [3.05, 3.63) is 47.0 Å². The average Bonchev–Trinajstić information content (AvgIpc) is 3.15.